The Morgan fingerprint density at radius 1 is 1.35 bits per heavy atom. The first-order valence-electron chi connectivity index (χ1n) is 5.94. The van der Waals surface area contributed by atoms with Crippen molar-refractivity contribution in [2.75, 3.05) is 7.05 Å². The van der Waals surface area contributed by atoms with E-state index in [2.05, 4.69) is 20.0 Å². The molecule has 0 bridgehead atoms. The highest BCUT2D eigenvalue weighted by atomic mass is 35.5. The molecule has 0 spiro atoms. The van der Waals surface area contributed by atoms with Crippen molar-refractivity contribution in [3.63, 3.8) is 0 Å². The van der Waals surface area contributed by atoms with Crippen molar-refractivity contribution >= 4 is 21.6 Å². The van der Waals surface area contributed by atoms with Crippen LogP contribution < -0.4 is 10.0 Å². The van der Waals surface area contributed by atoms with Gasteiger partial charge in [0.05, 0.1) is 11.4 Å². The Labute approximate surface area is 122 Å². The molecular weight excluding hydrogens is 300 g/mol. The Morgan fingerprint density at radius 3 is 2.80 bits per heavy atom. The van der Waals surface area contributed by atoms with E-state index in [4.69, 9.17) is 11.6 Å². The Morgan fingerprint density at radius 2 is 2.15 bits per heavy atom. The number of aromatic amines is 1. The summed E-state index contributed by atoms with van der Waals surface area (Å²) in [6.45, 7) is 0.611. The summed E-state index contributed by atoms with van der Waals surface area (Å²) in [5.74, 6) is 0.554. The summed E-state index contributed by atoms with van der Waals surface area (Å²) in [4.78, 5) is 6.97. The number of rotatable bonds is 6. The number of halogens is 1. The molecule has 0 unspecified atom stereocenters. The lowest BCUT2D eigenvalue weighted by molar-refractivity contribution is 0.579. The van der Waals surface area contributed by atoms with Crippen molar-refractivity contribution in [1.82, 2.24) is 20.0 Å². The highest BCUT2D eigenvalue weighted by Gasteiger charge is 2.15. The van der Waals surface area contributed by atoms with E-state index < -0.39 is 10.0 Å². The van der Waals surface area contributed by atoms with Gasteiger partial charge in [-0.2, -0.15) is 0 Å². The van der Waals surface area contributed by atoms with Gasteiger partial charge in [-0.05, 0) is 30.8 Å². The standard InChI is InChI=1S/C12H15ClN4O2S/c1-14-7-9-6-10(2-3-11(9)13)20(18,19)17-8-12-15-4-5-16-12/h2-6,14,17H,7-8H2,1H3,(H,15,16). The molecule has 0 amide bonds. The van der Waals surface area contributed by atoms with Crippen molar-refractivity contribution in [2.45, 2.75) is 18.0 Å². The molecule has 8 heteroatoms. The van der Waals surface area contributed by atoms with Gasteiger partial charge in [-0.15, -0.1) is 0 Å². The summed E-state index contributed by atoms with van der Waals surface area (Å²) in [6.07, 6.45) is 3.20. The summed E-state index contributed by atoms with van der Waals surface area (Å²) in [5, 5.41) is 3.47. The first-order chi connectivity index (χ1) is 9.53. The number of nitrogens with one attached hydrogen (secondary N) is 3. The van der Waals surface area contributed by atoms with Crippen LogP contribution in [0.2, 0.25) is 5.02 Å². The molecule has 108 valence electrons. The fraction of sp³-hybridized carbons (Fsp3) is 0.250. The SMILES string of the molecule is CNCc1cc(S(=O)(=O)NCc2ncc[nH]2)ccc1Cl. The van der Waals surface area contributed by atoms with Crippen LogP contribution in [-0.4, -0.2) is 25.4 Å². The molecule has 2 rings (SSSR count). The van der Waals surface area contributed by atoms with Crippen LogP contribution in [0.15, 0.2) is 35.5 Å². The third-order valence-electron chi connectivity index (χ3n) is 2.68. The third-order valence-corrected chi connectivity index (χ3v) is 4.45. The molecule has 0 radical (unpaired) electrons. The average molecular weight is 315 g/mol. The van der Waals surface area contributed by atoms with Crippen LogP contribution in [0, 0.1) is 0 Å². The third kappa shape index (κ3) is 3.57. The molecule has 1 heterocycles. The minimum atomic E-state index is -3.59. The Hall–Kier alpha value is -1.41. The highest BCUT2D eigenvalue weighted by Crippen LogP contribution is 2.20. The molecule has 20 heavy (non-hydrogen) atoms. The molecule has 0 fully saturated rings. The molecule has 0 saturated heterocycles. The fourth-order valence-corrected chi connectivity index (χ4v) is 2.91. The molecule has 0 saturated carbocycles. The topological polar surface area (TPSA) is 86.9 Å². The zero-order valence-electron chi connectivity index (χ0n) is 10.9. The second kappa shape index (κ2) is 6.36. The smallest absolute Gasteiger partial charge is 0.240 e. The summed E-state index contributed by atoms with van der Waals surface area (Å²) in [5.41, 5.74) is 0.732. The fourth-order valence-electron chi connectivity index (χ4n) is 1.69. The first-order valence-corrected chi connectivity index (χ1v) is 7.80. The molecule has 0 aliphatic rings. The number of H-pyrrole nitrogens is 1. The van der Waals surface area contributed by atoms with Gasteiger partial charge < -0.3 is 10.3 Å². The zero-order chi connectivity index (χ0) is 14.6. The lowest BCUT2D eigenvalue weighted by Crippen LogP contribution is -2.24. The van der Waals surface area contributed by atoms with Crippen LogP contribution in [0.5, 0.6) is 0 Å². The van der Waals surface area contributed by atoms with E-state index in [-0.39, 0.29) is 11.4 Å². The van der Waals surface area contributed by atoms with Gasteiger partial charge in [0.15, 0.2) is 0 Å². The maximum atomic E-state index is 12.2. The summed E-state index contributed by atoms with van der Waals surface area (Å²) >= 11 is 6.01. The number of aromatic nitrogens is 2. The van der Waals surface area contributed by atoms with Crippen molar-refractivity contribution in [1.29, 1.82) is 0 Å². The van der Waals surface area contributed by atoms with E-state index in [1.54, 1.807) is 31.6 Å². The minimum absolute atomic E-state index is 0.110. The van der Waals surface area contributed by atoms with E-state index >= 15 is 0 Å². The second-order valence-corrected chi connectivity index (χ2v) is 6.32. The van der Waals surface area contributed by atoms with E-state index in [9.17, 15) is 8.42 Å². The lowest BCUT2D eigenvalue weighted by atomic mass is 10.2. The first kappa shape index (κ1) is 15.0. The van der Waals surface area contributed by atoms with Crippen LogP contribution in [0.3, 0.4) is 0 Å². The molecule has 1 aromatic heterocycles. The molecule has 0 atom stereocenters. The van der Waals surface area contributed by atoms with E-state index in [1.165, 1.54) is 6.07 Å². The molecule has 0 aliphatic heterocycles. The van der Waals surface area contributed by atoms with Crippen molar-refractivity contribution in [3.8, 4) is 0 Å². The van der Waals surface area contributed by atoms with Crippen LogP contribution in [0.25, 0.3) is 0 Å². The van der Waals surface area contributed by atoms with Crippen LogP contribution >= 0.6 is 11.6 Å². The van der Waals surface area contributed by atoms with Gasteiger partial charge in [-0.3, -0.25) is 0 Å². The zero-order valence-corrected chi connectivity index (χ0v) is 12.4. The number of hydrogen-bond acceptors (Lipinski definition) is 4. The van der Waals surface area contributed by atoms with Gasteiger partial charge >= 0.3 is 0 Å². The van der Waals surface area contributed by atoms with Crippen LogP contribution in [0.4, 0.5) is 0 Å². The van der Waals surface area contributed by atoms with Crippen molar-refractivity contribution in [3.05, 3.63) is 47.0 Å². The molecule has 0 aliphatic carbocycles. The predicted octanol–water partition coefficient (Wildman–Crippen LogP) is 1.26. The maximum absolute atomic E-state index is 12.2. The predicted molar refractivity (Wildman–Crippen MR) is 76.8 cm³/mol. The van der Waals surface area contributed by atoms with E-state index in [0.29, 0.717) is 17.4 Å². The molecule has 6 nitrogen and oxygen atoms in total. The van der Waals surface area contributed by atoms with Gasteiger partial charge in [0.25, 0.3) is 0 Å². The highest BCUT2D eigenvalue weighted by molar-refractivity contribution is 7.89. The summed E-state index contributed by atoms with van der Waals surface area (Å²) < 4.78 is 26.8. The van der Waals surface area contributed by atoms with Gasteiger partial charge in [0.1, 0.15) is 5.82 Å². The van der Waals surface area contributed by atoms with Gasteiger partial charge in [0.2, 0.25) is 10.0 Å². The van der Waals surface area contributed by atoms with Gasteiger partial charge in [0, 0.05) is 24.0 Å². The number of imidazole rings is 1. The Balaban J connectivity index is 2.18. The molecule has 1 aromatic carbocycles. The summed E-state index contributed by atoms with van der Waals surface area (Å²) in [7, 11) is -1.82. The molecule has 3 N–H and O–H groups in total. The Kier molecular flexibility index (Phi) is 4.77. The van der Waals surface area contributed by atoms with Crippen molar-refractivity contribution in [2.24, 2.45) is 0 Å². The van der Waals surface area contributed by atoms with E-state index in [1.807, 2.05) is 0 Å². The van der Waals surface area contributed by atoms with Gasteiger partial charge in [-0.25, -0.2) is 18.1 Å². The lowest BCUT2D eigenvalue weighted by Gasteiger charge is -2.09. The van der Waals surface area contributed by atoms with Crippen LogP contribution in [-0.2, 0) is 23.1 Å². The van der Waals surface area contributed by atoms with Crippen LogP contribution in [0.1, 0.15) is 11.4 Å². The maximum Gasteiger partial charge on any atom is 0.240 e. The molecule has 2 aromatic rings. The Bertz CT molecular complexity index is 671. The quantitative estimate of drug-likeness (QED) is 0.749. The summed E-state index contributed by atoms with van der Waals surface area (Å²) in [6, 6.07) is 4.62. The van der Waals surface area contributed by atoms with Gasteiger partial charge in [-0.1, -0.05) is 11.6 Å². The largest absolute Gasteiger partial charge is 0.347 e. The van der Waals surface area contributed by atoms with Crippen molar-refractivity contribution < 1.29 is 8.42 Å². The average Bonchev–Trinajstić information content (AvgIpc) is 2.92. The number of hydrogen-bond donors (Lipinski definition) is 3. The monoisotopic (exact) mass is 314 g/mol. The van der Waals surface area contributed by atoms with E-state index in [0.717, 1.165) is 5.56 Å². The number of sulfonamides is 1. The second-order valence-electron chi connectivity index (χ2n) is 4.14. The normalized spacial score (nSPS) is 11.7. The molecular formula is C12H15ClN4O2S. The minimum Gasteiger partial charge on any atom is -0.347 e. The number of nitrogens with zero attached hydrogens (tertiary/aromatic N) is 1. The number of benzene rings is 1.